The summed E-state index contributed by atoms with van der Waals surface area (Å²) in [7, 11) is 2.89. The molecule has 6 rings (SSSR count). The molecule has 43 heavy (non-hydrogen) atoms. The van der Waals surface area contributed by atoms with Crippen LogP contribution in [-0.2, 0) is 5.16 Å². The zero-order chi connectivity index (χ0) is 30.4. The third kappa shape index (κ3) is 5.85. The SMILES string of the molecule is CC(C)(C)P(CC1=CC(=C2C=CC=CC2)C=C1C(P)(c1ccc2ccccc2n1)c1ccc2ccccc2n1)C(C)(C)C. The number of para-hydroxylation sites is 2. The van der Waals surface area contributed by atoms with Crippen molar-refractivity contribution >= 4 is 39.0 Å². The minimum atomic E-state index is -0.632. The molecule has 0 N–H and O–H groups in total. The number of benzene rings is 2. The van der Waals surface area contributed by atoms with Crippen LogP contribution in [0, 0.1) is 0 Å². The Morgan fingerprint density at radius 2 is 1.26 bits per heavy atom. The predicted octanol–water partition coefficient (Wildman–Crippen LogP) is 10.7. The highest BCUT2D eigenvalue weighted by molar-refractivity contribution is 7.61. The summed E-state index contributed by atoms with van der Waals surface area (Å²) in [5.41, 5.74) is 9.35. The molecule has 2 aromatic carbocycles. The number of rotatable bonds is 5. The van der Waals surface area contributed by atoms with Crippen molar-refractivity contribution in [2.24, 2.45) is 0 Å². The van der Waals surface area contributed by atoms with E-state index in [2.05, 4.69) is 160 Å². The number of pyridine rings is 2. The number of hydrogen-bond donors (Lipinski definition) is 0. The Kier molecular flexibility index (Phi) is 7.91. The van der Waals surface area contributed by atoms with Crippen LogP contribution >= 0.6 is 17.2 Å². The standard InChI is InChI=1S/C39H42N2P2/c1-37(2,3)43(38(4,5)6)26-31-24-30(27-14-8-7-9-15-27)25-32(31)39(42,35-22-20-28-16-10-12-18-33(28)40-35)36-23-21-29-17-11-13-19-34(29)41-36/h7-14,16-25H,15,26,42H2,1-6H3. The van der Waals surface area contributed by atoms with Crippen molar-refractivity contribution in [3.63, 3.8) is 0 Å². The Labute approximate surface area is 260 Å². The highest BCUT2D eigenvalue weighted by Gasteiger charge is 2.43. The Morgan fingerprint density at radius 3 is 1.77 bits per heavy atom. The summed E-state index contributed by atoms with van der Waals surface area (Å²) in [6.45, 7) is 14.5. The van der Waals surface area contributed by atoms with Gasteiger partial charge in [0.2, 0.25) is 0 Å². The lowest BCUT2D eigenvalue weighted by molar-refractivity contribution is 0.705. The number of aromatic nitrogens is 2. The van der Waals surface area contributed by atoms with Crippen LogP contribution < -0.4 is 0 Å². The third-order valence-corrected chi connectivity index (χ3v) is 13.4. The summed E-state index contributed by atoms with van der Waals surface area (Å²) in [5, 5.41) is 2.07. The normalized spacial score (nSPS) is 17.7. The molecule has 2 aromatic heterocycles. The van der Waals surface area contributed by atoms with Gasteiger partial charge in [-0.25, -0.2) is 0 Å². The van der Waals surface area contributed by atoms with Gasteiger partial charge < -0.3 is 0 Å². The maximum atomic E-state index is 5.33. The van der Waals surface area contributed by atoms with Crippen molar-refractivity contribution in [1.82, 2.24) is 9.97 Å². The molecule has 0 aliphatic heterocycles. The van der Waals surface area contributed by atoms with E-state index in [1.165, 1.54) is 22.3 Å². The molecule has 0 saturated carbocycles. The highest BCUT2D eigenvalue weighted by Crippen LogP contribution is 2.62. The lowest BCUT2D eigenvalue weighted by Gasteiger charge is -2.43. The first-order valence-corrected chi connectivity index (χ1v) is 17.3. The van der Waals surface area contributed by atoms with E-state index in [1.807, 2.05) is 0 Å². The van der Waals surface area contributed by atoms with Gasteiger partial charge in [-0.3, -0.25) is 9.97 Å². The molecular formula is C39H42N2P2. The van der Waals surface area contributed by atoms with E-state index in [9.17, 15) is 0 Å². The molecule has 1 unspecified atom stereocenters. The minimum absolute atomic E-state index is 0.203. The topological polar surface area (TPSA) is 25.8 Å². The van der Waals surface area contributed by atoms with Crippen molar-refractivity contribution in [3.8, 4) is 0 Å². The van der Waals surface area contributed by atoms with E-state index >= 15 is 0 Å². The maximum absolute atomic E-state index is 5.33. The first-order valence-electron chi connectivity index (χ1n) is 15.2. The molecule has 2 nitrogen and oxygen atoms in total. The van der Waals surface area contributed by atoms with E-state index in [0.29, 0.717) is 0 Å². The van der Waals surface area contributed by atoms with Crippen molar-refractivity contribution in [2.75, 3.05) is 6.16 Å². The van der Waals surface area contributed by atoms with Crippen molar-refractivity contribution in [1.29, 1.82) is 0 Å². The summed E-state index contributed by atoms with van der Waals surface area (Å²) in [5.74, 6) is 0. The molecule has 218 valence electrons. The Hall–Kier alpha value is -3.18. The van der Waals surface area contributed by atoms with Crippen molar-refractivity contribution < 1.29 is 0 Å². The second kappa shape index (κ2) is 11.4. The van der Waals surface area contributed by atoms with E-state index in [0.717, 1.165) is 45.8 Å². The number of nitrogens with zero attached hydrogens (tertiary/aromatic N) is 2. The Morgan fingerprint density at radius 1 is 0.698 bits per heavy atom. The van der Waals surface area contributed by atoms with Gasteiger partial charge in [-0.1, -0.05) is 128 Å². The molecule has 0 saturated heterocycles. The third-order valence-electron chi connectivity index (χ3n) is 8.61. The fraction of sp³-hybridized carbons (Fsp3) is 0.282. The fourth-order valence-electron chi connectivity index (χ4n) is 6.60. The van der Waals surface area contributed by atoms with Gasteiger partial charge in [-0.2, -0.15) is 0 Å². The lowest BCUT2D eigenvalue weighted by Crippen LogP contribution is -2.30. The molecule has 2 heterocycles. The van der Waals surface area contributed by atoms with Crippen molar-refractivity contribution in [2.45, 2.75) is 63.4 Å². The van der Waals surface area contributed by atoms with Crippen molar-refractivity contribution in [3.05, 3.63) is 143 Å². The summed E-state index contributed by atoms with van der Waals surface area (Å²) in [4.78, 5) is 10.7. The second-order valence-electron chi connectivity index (χ2n) is 13.7. The molecule has 4 aromatic rings. The van der Waals surface area contributed by atoms with Crippen LogP contribution in [0.25, 0.3) is 21.8 Å². The summed E-state index contributed by atoms with van der Waals surface area (Å²) in [6, 6.07) is 25.6. The van der Waals surface area contributed by atoms with Gasteiger partial charge in [-0.15, -0.1) is 9.24 Å². The van der Waals surface area contributed by atoms with Crippen LogP contribution in [0.1, 0.15) is 59.4 Å². The minimum Gasteiger partial charge on any atom is -0.251 e. The van der Waals surface area contributed by atoms with Gasteiger partial charge in [-0.05, 0) is 75.5 Å². The first kappa shape index (κ1) is 29.9. The smallest absolute Gasteiger partial charge is 0.0936 e. The zero-order valence-electron chi connectivity index (χ0n) is 26.2. The predicted molar refractivity (Wildman–Crippen MR) is 191 cm³/mol. The van der Waals surface area contributed by atoms with Crippen LogP contribution in [0.3, 0.4) is 0 Å². The molecule has 0 radical (unpaired) electrons. The number of fused-ring (bicyclic) bond motifs is 2. The molecule has 1 atom stereocenters. The first-order chi connectivity index (χ1) is 20.4. The van der Waals surface area contributed by atoms with E-state index < -0.39 is 5.16 Å². The maximum Gasteiger partial charge on any atom is 0.0936 e. The molecule has 2 aliphatic rings. The summed E-state index contributed by atoms with van der Waals surface area (Å²) in [6.07, 6.45) is 15.7. The van der Waals surface area contributed by atoms with E-state index in [-0.39, 0.29) is 18.2 Å². The van der Waals surface area contributed by atoms with Gasteiger partial charge >= 0.3 is 0 Å². The molecule has 0 fully saturated rings. The Balaban J connectivity index is 1.61. The largest absolute Gasteiger partial charge is 0.251 e. The summed E-state index contributed by atoms with van der Waals surface area (Å²) >= 11 is 0. The van der Waals surface area contributed by atoms with Crippen LogP contribution in [-0.4, -0.2) is 26.4 Å². The monoisotopic (exact) mass is 600 g/mol. The van der Waals surface area contributed by atoms with Crippen LogP contribution in [0.5, 0.6) is 0 Å². The van der Waals surface area contributed by atoms with E-state index in [4.69, 9.17) is 9.97 Å². The number of allylic oxidation sites excluding steroid dienone is 10. The lowest BCUT2D eigenvalue weighted by atomic mass is 9.86. The van der Waals surface area contributed by atoms with Crippen LogP contribution in [0.2, 0.25) is 0 Å². The molecule has 0 amide bonds. The Bertz CT molecular complexity index is 1760. The molecule has 4 heteroatoms. The molecular weight excluding hydrogens is 558 g/mol. The second-order valence-corrected chi connectivity index (χ2v) is 18.4. The molecule has 0 spiro atoms. The van der Waals surface area contributed by atoms with Gasteiger partial charge in [0.05, 0.1) is 27.6 Å². The highest BCUT2D eigenvalue weighted by atomic mass is 31.1. The van der Waals surface area contributed by atoms with Gasteiger partial charge in [0, 0.05) is 10.8 Å². The fourth-order valence-corrected chi connectivity index (χ4v) is 10.7. The van der Waals surface area contributed by atoms with Crippen LogP contribution in [0.4, 0.5) is 0 Å². The average molecular weight is 601 g/mol. The van der Waals surface area contributed by atoms with Crippen LogP contribution in [0.15, 0.2) is 132 Å². The average Bonchev–Trinajstić information content (AvgIpc) is 3.43. The quantitative estimate of drug-likeness (QED) is 0.213. The van der Waals surface area contributed by atoms with E-state index in [1.54, 1.807) is 0 Å². The van der Waals surface area contributed by atoms with Gasteiger partial charge in [0.25, 0.3) is 0 Å². The molecule has 0 bridgehead atoms. The summed E-state index contributed by atoms with van der Waals surface area (Å²) < 4.78 is 0. The number of hydrogen-bond acceptors (Lipinski definition) is 2. The zero-order valence-corrected chi connectivity index (χ0v) is 28.3. The van der Waals surface area contributed by atoms with Gasteiger partial charge in [0.1, 0.15) is 0 Å². The molecule has 2 aliphatic carbocycles. The van der Waals surface area contributed by atoms with Gasteiger partial charge in [0.15, 0.2) is 0 Å².